The van der Waals surface area contributed by atoms with Crippen LogP contribution in [-0.2, 0) is 11.2 Å². The number of benzene rings is 2. The molecular formula is C21H20F2N2O2. The molecule has 0 bridgehead atoms. The van der Waals surface area contributed by atoms with Crippen LogP contribution in [0.1, 0.15) is 30.8 Å². The summed E-state index contributed by atoms with van der Waals surface area (Å²) in [6.45, 7) is 1.96. The van der Waals surface area contributed by atoms with Crippen molar-refractivity contribution in [2.75, 3.05) is 7.05 Å². The van der Waals surface area contributed by atoms with Gasteiger partial charge in [0.1, 0.15) is 11.6 Å². The first kappa shape index (κ1) is 18.8. The molecular weight excluding hydrogens is 350 g/mol. The number of rotatable bonds is 6. The van der Waals surface area contributed by atoms with Gasteiger partial charge in [0.2, 0.25) is 5.91 Å². The molecule has 0 aliphatic rings. The summed E-state index contributed by atoms with van der Waals surface area (Å²) in [6.07, 6.45) is 1.71. The zero-order chi connectivity index (χ0) is 19.4. The fourth-order valence-corrected chi connectivity index (χ4v) is 2.84. The monoisotopic (exact) mass is 370 g/mol. The standard InChI is InChI=1S/C21H20F2N2O2/c1-14(15-7-4-3-5-8-15)25(2)20(26)12-11-19-24-13-18(27-19)21-16(22)9-6-10-17(21)23/h3-10,13-14H,11-12H2,1-2H3/t14-/m1/s1. The van der Waals surface area contributed by atoms with E-state index in [1.54, 1.807) is 11.9 Å². The number of carbonyl (C=O) groups excluding carboxylic acids is 1. The van der Waals surface area contributed by atoms with Crippen molar-refractivity contribution in [3.8, 4) is 11.3 Å². The maximum absolute atomic E-state index is 13.8. The highest BCUT2D eigenvalue weighted by Gasteiger charge is 2.19. The van der Waals surface area contributed by atoms with Crippen molar-refractivity contribution >= 4 is 5.91 Å². The van der Waals surface area contributed by atoms with E-state index in [2.05, 4.69) is 4.98 Å². The average molecular weight is 370 g/mol. The van der Waals surface area contributed by atoms with Crippen LogP contribution < -0.4 is 0 Å². The molecule has 3 aromatic rings. The van der Waals surface area contributed by atoms with Crippen LogP contribution in [0.5, 0.6) is 0 Å². The van der Waals surface area contributed by atoms with Crippen molar-refractivity contribution in [3.63, 3.8) is 0 Å². The lowest BCUT2D eigenvalue weighted by Gasteiger charge is -2.25. The smallest absolute Gasteiger partial charge is 0.223 e. The second-order valence-corrected chi connectivity index (χ2v) is 6.31. The highest BCUT2D eigenvalue weighted by atomic mass is 19.1. The minimum Gasteiger partial charge on any atom is -0.441 e. The number of aromatic nitrogens is 1. The molecule has 0 fully saturated rings. The van der Waals surface area contributed by atoms with E-state index < -0.39 is 11.6 Å². The first-order chi connectivity index (χ1) is 13.0. The molecule has 140 valence electrons. The quantitative estimate of drug-likeness (QED) is 0.628. The molecule has 3 rings (SSSR count). The van der Waals surface area contributed by atoms with Gasteiger partial charge in [-0.2, -0.15) is 0 Å². The molecule has 0 saturated carbocycles. The van der Waals surface area contributed by atoms with Gasteiger partial charge in [0.15, 0.2) is 11.7 Å². The number of hydrogen-bond acceptors (Lipinski definition) is 3. The Balaban J connectivity index is 1.64. The lowest BCUT2D eigenvalue weighted by Crippen LogP contribution is -2.29. The summed E-state index contributed by atoms with van der Waals surface area (Å²) < 4.78 is 33.1. The summed E-state index contributed by atoms with van der Waals surface area (Å²) in [7, 11) is 1.75. The van der Waals surface area contributed by atoms with Crippen LogP contribution in [0.2, 0.25) is 0 Å². The molecule has 0 saturated heterocycles. The molecule has 0 radical (unpaired) electrons. The van der Waals surface area contributed by atoms with Crippen molar-refractivity contribution in [1.29, 1.82) is 0 Å². The van der Waals surface area contributed by atoms with Gasteiger partial charge in [0.25, 0.3) is 0 Å². The summed E-state index contributed by atoms with van der Waals surface area (Å²) >= 11 is 0. The van der Waals surface area contributed by atoms with Gasteiger partial charge >= 0.3 is 0 Å². The normalized spacial score (nSPS) is 12.0. The number of carbonyl (C=O) groups is 1. The number of hydrogen-bond donors (Lipinski definition) is 0. The predicted octanol–water partition coefficient (Wildman–Crippen LogP) is 4.77. The molecule has 1 amide bonds. The van der Waals surface area contributed by atoms with Gasteiger partial charge in [-0.1, -0.05) is 36.4 Å². The van der Waals surface area contributed by atoms with Crippen molar-refractivity contribution in [2.45, 2.75) is 25.8 Å². The largest absolute Gasteiger partial charge is 0.441 e. The van der Waals surface area contributed by atoms with E-state index in [1.165, 1.54) is 12.3 Å². The minimum absolute atomic E-state index is 0.0130. The van der Waals surface area contributed by atoms with Crippen molar-refractivity contribution in [1.82, 2.24) is 9.88 Å². The number of nitrogens with zero attached hydrogens (tertiary/aromatic N) is 2. The van der Waals surface area contributed by atoms with Crippen molar-refractivity contribution < 1.29 is 18.0 Å². The van der Waals surface area contributed by atoms with E-state index in [4.69, 9.17) is 4.42 Å². The Morgan fingerprint density at radius 1 is 1.11 bits per heavy atom. The van der Waals surface area contributed by atoms with Crippen LogP contribution in [0.4, 0.5) is 8.78 Å². The molecule has 6 heteroatoms. The van der Waals surface area contributed by atoms with Crippen LogP contribution in [0, 0.1) is 11.6 Å². The molecule has 4 nitrogen and oxygen atoms in total. The molecule has 0 N–H and O–H groups in total. The third-order valence-electron chi connectivity index (χ3n) is 4.57. The maximum atomic E-state index is 13.8. The SMILES string of the molecule is C[C@H](c1ccccc1)N(C)C(=O)CCc1ncc(-c2c(F)cccc2F)o1. The van der Waals surface area contributed by atoms with Gasteiger partial charge < -0.3 is 9.32 Å². The van der Waals surface area contributed by atoms with E-state index in [-0.39, 0.29) is 42.0 Å². The van der Waals surface area contributed by atoms with E-state index in [0.717, 1.165) is 17.7 Å². The highest BCUT2D eigenvalue weighted by molar-refractivity contribution is 5.76. The van der Waals surface area contributed by atoms with E-state index in [1.807, 2.05) is 37.3 Å². The number of amides is 1. The molecule has 0 spiro atoms. The second-order valence-electron chi connectivity index (χ2n) is 6.31. The number of halogens is 2. The minimum atomic E-state index is -0.717. The Morgan fingerprint density at radius 3 is 2.44 bits per heavy atom. The van der Waals surface area contributed by atoms with Crippen LogP contribution >= 0.6 is 0 Å². The van der Waals surface area contributed by atoms with Gasteiger partial charge in [-0.15, -0.1) is 0 Å². The topological polar surface area (TPSA) is 46.3 Å². The van der Waals surface area contributed by atoms with Crippen LogP contribution in [-0.4, -0.2) is 22.8 Å². The Kier molecular flexibility index (Phi) is 5.64. The summed E-state index contributed by atoms with van der Waals surface area (Å²) in [5.74, 6) is -1.22. The van der Waals surface area contributed by atoms with Crippen LogP contribution in [0.15, 0.2) is 59.1 Å². The maximum Gasteiger partial charge on any atom is 0.223 e. The zero-order valence-electron chi connectivity index (χ0n) is 15.2. The summed E-state index contributed by atoms with van der Waals surface area (Å²) in [5.41, 5.74) is 0.791. The zero-order valence-corrected chi connectivity index (χ0v) is 15.2. The Morgan fingerprint density at radius 2 is 1.78 bits per heavy atom. The predicted molar refractivity (Wildman–Crippen MR) is 97.8 cm³/mol. The summed E-state index contributed by atoms with van der Waals surface area (Å²) in [4.78, 5) is 18.2. The van der Waals surface area contributed by atoms with E-state index in [9.17, 15) is 13.6 Å². The van der Waals surface area contributed by atoms with E-state index >= 15 is 0 Å². The van der Waals surface area contributed by atoms with Gasteiger partial charge in [-0.3, -0.25) is 4.79 Å². The first-order valence-corrected chi connectivity index (χ1v) is 8.67. The molecule has 0 aliphatic heterocycles. The van der Waals surface area contributed by atoms with Crippen molar-refractivity contribution in [3.05, 3.63) is 77.8 Å². The average Bonchev–Trinajstić information content (AvgIpc) is 3.14. The fraction of sp³-hybridized carbons (Fsp3) is 0.238. The third kappa shape index (κ3) is 4.22. The first-order valence-electron chi connectivity index (χ1n) is 8.67. The highest BCUT2D eigenvalue weighted by Crippen LogP contribution is 2.27. The molecule has 0 unspecified atom stereocenters. The van der Waals surface area contributed by atoms with Gasteiger partial charge in [0, 0.05) is 19.9 Å². The lowest BCUT2D eigenvalue weighted by molar-refractivity contribution is -0.131. The number of aryl methyl sites for hydroxylation is 1. The third-order valence-corrected chi connectivity index (χ3v) is 4.57. The van der Waals surface area contributed by atoms with Crippen LogP contribution in [0.25, 0.3) is 11.3 Å². The molecule has 0 aliphatic carbocycles. The molecule has 2 aromatic carbocycles. The molecule has 1 atom stereocenters. The summed E-state index contributed by atoms with van der Waals surface area (Å²) in [5, 5.41) is 0. The molecule has 27 heavy (non-hydrogen) atoms. The van der Waals surface area contributed by atoms with E-state index in [0.29, 0.717) is 0 Å². The van der Waals surface area contributed by atoms with Gasteiger partial charge in [-0.05, 0) is 24.6 Å². The van der Waals surface area contributed by atoms with Gasteiger partial charge in [-0.25, -0.2) is 13.8 Å². The van der Waals surface area contributed by atoms with Crippen molar-refractivity contribution in [2.24, 2.45) is 0 Å². The number of oxazole rings is 1. The Labute approximate surface area is 156 Å². The fourth-order valence-electron chi connectivity index (χ4n) is 2.84. The second kappa shape index (κ2) is 8.12. The Bertz CT molecular complexity index is 905. The molecule has 1 aromatic heterocycles. The molecule has 1 heterocycles. The summed E-state index contributed by atoms with van der Waals surface area (Å²) in [6, 6.07) is 13.3. The van der Waals surface area contributed by atoms with Gasteiger partial charge in [0.05, 0.1) is 17.8 Å². The van der Waals surface area contributed by atoms with Crippen LogP contribution in [0.3, 0.4) is 0 Å². The Hall–Kier alpha value is -3.02. The lowest BCUT2D eigenvalue weighted by atomic mass is 10.1.